The van der Waals surface area contributed by atoms with Gasteiger partial charge < -0.3 is 14.7 Å². The number of hydrogen-bond acceptors (Lipinski definition) is 6. The van der Waals surface area contributed by atoms with Crippen LogP contribution in [-0.4, -0.2) is 53.3 Å². The van der Waals surface area contributed by atoms with E-state index in [1.807, 2.05) is 0 Å². The Morgan fingerprint density at radius 2 is 2.12 bits per heavy atom. The lowest BCUT2D eigenvalue weighted by Gasteiger charge is -2.20. The molecule has 1 unspecified atom stereocenters. The molecular weight excluding hydrogens is 336 g/mol. The van der Waals surface area contributed by atoms with Gasteiger partial charge in [-0.2, -0.15) is 0 Å². The van der Waals surface area contributed by atoms with Gasteiger partial charge in [-0.3, -0.25) is 19.7 Å². The molecule has 1 atom stereocenters. The largest absolute Gasteiger partial charge is 0.495 e. The van der Waals surface area contributed by atoms with E-state index >= 15 is 0 Å². The van der Waals surface area contributed by atoms with Crippen molar-refractivity contribution in [3.63, 3.8) is 0 Å². The number of thioether (sulfide) groups is 1. The van der Waals surface area contributed by atoms with E-state index in [0.717, 1.165) is 0 Å². The number of carboxylic acids is 1. The molecule has 1 aromatic rings. The van der Waals surface area contributed by atoms with Crippen LogP contribution >= 0.6 is 11.8 Å². The van der Waals surface area contributed by atoms with Crippen molar-refractivity contribution in [3.05, 3.63) is 27.8 Å². The number of rotatable bonds is 5. The molecule has 0 radical (unpaired) electrons. The number of ether oxygens (including phenoxy) is 1. The summed E-state index contributed by atoms with van der Waals surface area (Å²) in [7, 11) is 1.40. The van der Waals surface area contributed by atoms with Crippen LogP contribution in [0.3, 0.4) is 0 Å². The van der Waals surface area contributed by atoms with Crippen LogP contribution in [0.1, 0.15) is 23.7 Å². The second-order valence-electron chi connectivity index (χ2n) is 5.82. The van der Waals surface area contributed by atoms with Gasteiger partial charge in [-0.05, 0) is 25.7 Å². The number of carbonyl (C=O) groups excluding carboxylic acids is 1. The smallest absolute Gasteiger partial charge is 0.311 e. The molecule has 130 valence electrons. The Kier molecular flexibility index (Phi) is 5.02. The standard InChI is InChI=1S/C15H18N2O6S/c1-15(14(19)20)4-5-16(8-15)13(18)9-6-12(24-3)11(23-2)7-10(9)17(21)22/h6-7H,4-5,8H2,1-3H3,(H,19,20). The SMILES string of the molecule is COc1cc([N+](=O)[O-])c(C(=O)N2CCC(C)(C(=O)O)C2)cc1SC. The second-order valence-corrected chi connectivity index (χ2v) is 6.67. The van der Waals surface area contributed by atoms with Gasteiger partial charge in [-0.15, -0.1) is 11.8 Å². The molecule has 1 aliphatic heterocycles. The van der Waals surface area contributed by atoms with Crippen molar-refractivity contribution in [1.29, 1.82) is 0 Å². The Labute approximate surface area is 142 Å². The summed E-state index contributed by atoms with van der Waals surface area (Å²) in [5, 5.41) is 20.6. The first kappa shape index (κ1) is 18.1. The summed E-state index contributed by atoms with van der Waals surface area (Å²) >= 11 is 1.31. The van der Waals surface area contributed by atoms with E-state index in [1.165, 1.54) is 35.9 Å². The summed E-state index contributed by atoms with van der Waals surface area (Å²) in [6.07, 6.45) is 2.09. The molecule has 0 aliphatic carbocycles. The second kappa shape index (κ2) is 6.68. The number of amides is 1. The third kappa shape index (κ3) is 3.16. The number of hydrogen-bond donors (Lipinski definition) is 1. The lowest BCUT2D eigenvalue weighted by molar-refractivity contribution is -0.385. The van der Waals surface area contributed by atoms with Crippen molar-refractivity contribution in [2.45, 2.75) is 18.2 Å². The zero-order valence-corrected chi connectivity index (χ0v) is 14.4. The highest BCUT2D eigenvalue weighted by molar-refractivity contribution is 7.98. The Morgan fingerprint density at radius 1 is 1.46 bits per heavy atom. The molecule has 24 heavy (non-hydrogen) atoms. The Balaban J connectivity index is 2.42. The van der Waals surface area contributed by atoms with Gasteiger partial charge in [0.25, 0.3) is 11.6 Å². The van der Waals surface area contributed by atoms with E-state index in [4.69, 9.17) is 4.74 Å². The first-order valence-corrected chi connectivity index (χ1v) is 8.39. The summed E-state index contributed by atoms with van der Waals surface area (Å²) in [4.78, 5) is 36.7. The minimum absolute atomic E-state index is 0.0267. The summed E-state index contributed by atoms with van der Waals surface area (Å²) in [5.41, 5.74) is -1.43. The fraction of sp³-hybridized carbons (Fsp3) is 0.467. The molecule has 0 saturated carbocycles. The van der Waals surface area contributed by atoms with Crippen molar-refractivity contribution < 1.29 is 24.4 Å². The van der Waals surface area contributed by atoms with Crippen molar-refractivity contribution in [2.75, 3.05) is 26.5 Å². The van der Waals surface area contributed by atoms with Crippen molar-refractivity contribution in [2.24, 2.45) is 5.41 Å². The number of nitrogens with zero attached hydrogens (tertiary/aromatic N) is 2. The monoisotopic (exact) mass is 354 g/mol. The third-order valence-electron chi connectivity index (χ3n) is 4.21. The maximum atomic E-state index is 12.7. The Morgan fingerprint density at radius 3 is 2.58 bits per heavy atom. The van der Waals surface area contributed by atoms with Gasteiger partial charge in [0.1, 0.15) is 11.3 Å². The van der Waals surface area contributed by atoms with Gasteiger partial charge in [-0.25, -0.2) is 0 Å². The number of nitro groups is 1. The number of carbonyl (C=O) groups is 2. The van der Waals surface area contributed by atoms with E-state index in [9.17, 15) is 24.8 Å². The van der Waals surface area contributed by atoms with Crippen LogP contribution in [0.5, 0.6) is 5.75 Å². The predicted molar refractivity (Wildman–Crippen MR) is 87.7 cm³/mol. The van der Waals surface area contributed by atoms with Crippen LogP contribution in [0.4, 0.5) is 5.69 Å². The van der Waals surface area contributed by atoms with Gasteiger partial charge in [0.05, 0.1) is 28.4 Å². The fourth-order valence-electron chi connectivity index (χ4n) is 2.67. The minimum Gasteiger partial charge on any atom is -0.495 e. The molecule has 1 heterocycles. The molecule has 8 nitrogen and oxygen atoms in total. The first-order valence-electron chi connectivity index (χ1n) is 7.16. The van der Waals surface area contributed by atoms with Gasteiger partial charge in [0.2, 0.25) is 0 Å². The number of likely N-dealkylation sites (tertiary alicyclic amines) is 1. The summed E-state index contributed by atoms with van der Waals surface area (Å²) in [6, 6.07) is 2.66. The van der Waals surface area contributed by atoms with Crippen molar-refractivity contribution in [3.8, 4) is 5.75 Å². The van der Waals surface area contributed by atoms with Crippen molar-refractivity contribution >= 4 is 29.3 Å². The van der Waals surface area contributed by atoms with Crippen LogP contribution in [0.15, 0.2) is 17.0 Å². The molecule has 1 aromatic carbocycles. The van der Waals surface area contributed by atoms with Crippen LogP contribution < -0.4 is 4.74 Å². The lowest BCUT2D eigenvalue weighted by atomic mass is 9.90. The maximum absolute atomic E-state index is 12.7. The highest BCUT2D eigenvalue weighted by Gasteiger charge is 2.43. The first-order chi connectivity index (χ1) is 11.2. The molecular formula is C15H18N2O6S. The van der Waals surface area contributed by atoms with Crippen LogP contribution in [-0.2, 0) is 4.79 Å². The quantitative estimate of drug-likeness (QED) is 0.490. The topological polar surface area (TPSA) is 110 Å². The zero-order valence-electron chi connectivity index (χ0n) is 13.6. The molecule has 1 amide bonds. The summed E-state index contributed by atoms with van der Waals surface area (Å²) in [6.45, 7) is 1.84. The average Bonchev–Trinajstić information content (AvgIpc) is 2.96. The number of benzene rings is 1. The fourth-order valence-corrected chi connectivity index (χ4v) is 3.25. The normalized spacial score (nSPS) is 20.0. The molecule has 1 fully saturated rings. The lowest BCUT2D eigenvalue weighted by Crippen LogP contribution is -2.35. The average molecular weight is 354 g/mol. The van der Waals surface area contributed by atoms with Gasteiger partial charge in [-0.1, -0.05) is 0 Å². The highest BCUT2D eigenvalue weighted by atomic mass is 32.2. The molecule has 1 saturated heterocycles. The zero-order chi connectivity index (χ0) is 18.1. The van der Waals surface area contributed by atoms with Crippen LogP contribution in [0.25, 0.3) is 0 Å². The summed E-state index contributed by atoms with van der Waals surface area (Å²) in [5.74, 6) is -1.20. The number of aliphatic carboxylic acids is 1. The van der Waals surface area contributed by atoms with E-state index in [1.54, 1.807) is 13.2 Å². The number of carboxylic acid groups (broad SMARTS) is 1. The number of methoxy groups -OCH3 is 1. The molecule has 0 bridgehead atoms. The van der Waals surface area contributed by atoms with E-state index in [2.05, 4.69) is 0 Å². The molecule has 0 spiro atoms. The molecule has 0 aromatic heterocycles. The van der Waals surface area contributed by atoms with E-state index in [0.29, 0.717) is 17.1 Å². The Hall–Kier alpha value is -2.29. The molecule has 2 rings (SSSR count). The maximum Gasteiger partial charge on any atom is 0.311 e. The van der Waals surface area contributed by atoms with Gasteiger partial charge >= 0.3 is 5.97 Å². The molecule has 9 heteroatoms. The predicted octanol–water partition coefficient (Wildman–Crippen LogP) is 2.26. The molecule has 1 N–H and O–H groups in total. The van der Waals surface area contributed by atoms with Crippen LogP contribution in [0.2, 0.25) is 0 Å². The van der Waals surface area contributed by atoms with Crippen molar-refractivity contribution in [1.82, 2.24) is 4.90 Å². The molecule has 1 aliphatic rings. The highest BCUT2D eigenvalue weighted by Crippen LogP contribution is 2.37. The Bertz CT molecular complexity index is 707. The van der Waals surface area contributed by atoms with Crippen LogP contribution in [0, 0.1) is 15.5 Å². The van der Waals surface area contributed by atoms with Gasteiger partial charge in [0, 0.05) is 13.1 Å². The minimum atomic E-state index is -1.03. The van der Waals surface area contributed by atoms with E-state index < -0.39 is 22.2 Å². The third-order valence-corrected chi connectivity index (χ3v) is 4.96. The number of nitro benzene ring substituents is 1. The van der Waals surface area contributed by atoms with Gasteiger partial charge in [0.15, 0.2) is 0 Å². The van der Waals surface area contributed by atoms with E-state index in [-0.39, 0.29) is 24.3 Å². The summed E-state index contributed by atoms with van der Waals surface area (Å²) < 4.78 is 5.12.